The molecule has 0 unspecified atom stereocenters. The summed E-state index contributed by atoms with van der Waals surface area (Å²) in [4.78, 5) is 9.51. The van der Waals surface area contributed by atoms with Gasteiger partial charge in [-0.2, -0.15) is 0 Å². The fourth-order valence-electron chi connectivity index (χ4n) is 10.5. The molecule has 4 nitrogen and oxygen atoms in total. The predicted molar refractivity (Wildman–Crippen MR) is 315 cm³/mol. The van der Waals surface area contributed by atoms with Crippen LogP contribution in [0.5, 0.6) is 0 Å². The van der Waals surface area contributed by atoms with Gasteiger partial charge in [-0.15, -0.1) is 0 Å². The number of anilines is 12. The van der Waals surface area contributed by atoms with Gasteiger partial charge in [0, 0.05) is 67.0 Å². The Bertz CT molecular complexity index is 3520. The summed E-state index contributed by atoms with van der Waals surface area (Å²) in [6, 6.07) is 105. The Morgan fingerprint density at radius 1 is 0.189 bits per heavy atom. The monoisotopic (exact) mass is 950 g/mol. The zero-order valence-corrected chi connectivity index (χ0v) is 41.5. The molecule has 12 aromatic rings. The van der Waals surface area contributed by atoms with Crippen LogP contribution in [-0.2, 0) is 0 Å². The van der Waals surface area contributed by atoms with Crippen LogP contribution >= 0.6 is 0 Å². The van der Waals surface area contributed by atoms with Gasteiger partial charge in [-0.25, -0.2) is 0 Å². The van der Waals surface area contributed by atoms with Crippen molar-refractivity contribution in [3.63, 3.8) is 0 Å². The van der Waals surface area contributed by atoms with Gasteiger partial charge in [0.15, 0.2) is 0 Å². The minimum absolute atomic E-state index is 1.08. The van der Waals surface area contributed by atoms with Crippen molar-refractivity contribution in [1.29, 1.82) is 0 Å². The van der Waals surface area contributed by atoms with E-state index in [9.17, 15) is 0 Å². The molecule has 0 bridgehead atoms. The fourth-order valence-corrected chi connectivity index (χ4v) is 10.5. The summed E-state index contributed by atoms with van der Waals surface area (Å²) in [5, 5.41) is 4.65. The quantitative estimate of drug-likeness (QED) is 0.114. The van der Waals surface area contributed by atoms with Gasteiger partial charge in [0.1, 0.15) is 0 Å². The Balaban J connectivity index is 0.919. The number of benzene rings is 12. The number of fused-ring (bicyclic) bond motifs is 2. The zero-order valence-electron chi connectivity index (χ0n) is 41.5. The summed E-state index contributed by atoms with van der Waals surface area (Å²) in [6.07, 6.45) is 0. The van der Waals surface area contributed by atoms with E-state index in [1.165, 1.54) is 11.1 Å². The van der Waals surface area contributed by atoms with Crippen molar-refractivity contribution >= 4 is 89.8 Å². The van der Waals surface area contributed by atoms with Crippen LogP contribution in [0.15, 0.2) is 291 Å². The molecule has 74 heavy (non-hydrogen) atoms. The van der Waals surface area contributed by atoms with Gasteiger partial charge in [0.25, 0.3) is 0 Å². The molecule has 0 aromatic heterocycles. The van der Waals surface area contributed by atoms with Gasteiger partial charge in [-0.1, -0.05) is 170 Å². The van der Waals surface area contributed by atoms with E-state index in [-0.39, 0.29) is 0 Å². The second-order valence-corrected chi connectivity index (χ2v) is 18.8. The standard InChI is InChI=1S/C70H54N4/c1-51-21-19-31-61(49-51)73(69-47-45-67(63-33-15-17-35-65(63)69)71(55-23-7-3-8-24-55)56-25-9-4-10-26-56)59-41-37-53(38-42-59)54-39-43-60(44-40-54)74(62-32-20-22-52(2)50-62)70-48-46-68(64-34-16-18-36-66(64)70)72(57-27-11-5-12-28-57)58-29-13-6-14-30-58/h3-50H,1-2H3. The fraction of sp³-hybridized carbons (Fsp3) is 0.0286. The maximum Gasteiger partial charge on any atom is 0.0541 e. The molecule has 0 aliphatic carbocycles. The first-order valence-corrected chi connectivity index (χ1v) is 25.3. The van der Waals surface area contributed by atoms with Crippen LogP contribution in [0, 0.1) is 13.8 Å². The second-order valence-electron chi connectivity index (χ2n) is 18.8. The minimum atomic E-state index is 1.08. The molecule has 0 fully saturated rings. The van der Waals surface area contributed by atoms with Crippen molar-refractivity contribution in [3.8, 4) is 11.1 Å². The van der Waals surface area contributed by atoms with Crippen LogP contribution in [0.4, 0.5) is 68.2 Å². The zero-order chi connectivity index (χ0) is 49.8. The van der Waals surface area contributed by atoms with Crippen molar-refractivity contribution in [1.82, 2.24) is 0 Å². The average Bonchev–Trinajstić information content (AvgIpc) is 3.46. The average molecular weight is 951 g/mol. The summed E-state index contributed by atoms with van der Waals surface area (Å²) in [6.45, 7) is 4.33. The maximum absolute atomic E-state index is 2.40. The summed E-state index contributed by atoms with van der Waals surface area (Å²) in [5.41, 5.74) is 17.9. The number of hydrogen-bond acceptors (Lipinski definition) is 4. The summed E-state index contributed by atoms with van der Waals surface area (Å²) in [7, 11) is 0. The topological polar surface area (TPSA) is 13.0 Å². The normalized spacial score (nSPS) is 11.1. The van der Waals surface area contributed by atoms with Crippen LogP contribution in [0.1, 0.15) is 11.1 Å². The highest BCUT2D eigenvalue weighted by Crippen LogP contribution is 2.48. The minimum Gasteiger partial charge on any atom is -0.310 e. The molecule has 0 heterocycles. The van der Waals surface area contributed by atoms with Crippen molar-refractivity contribution < 1.29 is 0 Å². The second kappa shape index (κ2) is 20.2. The van der Waals surface area contributed by atoms with Crippen LogP contribution in [0.3, 0.4) is 0 Å². The molecule has 12 aromatic carbocycles. The van der Waals surface area contributed by atoms with Crippen LogP contribution < -0.4 is 19.6 Å². The van der Waals surface area contributed by atoms with Crippen LogP contribution in [0.2, 0.25) is 0 Å². The SMILES string of the molecule is Cc1cccc(N(c2ccc(-c3ccc(N(c4cccc(C)c4)c4ccc(N(c5ccccc5)c5ccccc5)c5ccccc45)cc3)cc2)c2ccc(N(c3ccccc3)c3ccccc3)c3ccccc23)c1. The molecule has 0 saturated heterocycles. The number of aryl methyl sites for hydroxylation is 2. The number of rotatable bonds is 13. The molecular weight excluding hydrogens is 897 g/mol. The van der Waals surface area contributed by atoms with Gasteiger partial charge < -0.3 is 19.6 Å². The molecule has 0 N–H and O–H groups in total. The van der Waals surface area contributed by atoms with E-state index in [4.69, 9.17) is 0 Å². The van der Waals surface area contributed by atoms with E-state index in [0.29, 0.717) is 0 Å². The first-order chi connectivity index (χ1) is 36.6. The Kier molecular flexibility index (Phi) is 12.4. The number of hydrogen-bond donors (Lipinski definition) is 0. The molecular formula is C70H54N4. The summed E-state index contributed by atoms with van der Waals surface area (Å²) < 4.78 is 0. The molecule has 0 atom stereocenters. The molecule has 0 aliphatic heterocycles. The van der Waals surface area contributed by atoms with E-state index >= 15 is 0 Å². The lowest BCUT2D eigenvalue weighted by Crippen LogP contribution is -2.13. The Morgan fingerprint density at radius 2 is 0.419 bits per heavy atom. The van der Waals surface area contributed by atoms with Crippen molar-refractivity contribution in [2.24, 2.45) is 0 Å². The van der Waals surface area contributed by atoms with E-state index in [1.807, 2.05) is 0 Å². The van der Waals surface area contributed by atoms with E-state index < -0.39 is 0 Å². The smallest absolute Gasteiger partial charge is 0.0541 e. The lowest BCUT2D eigenvalue weighted by Gasteiger charge is -2.31. The molecule has 0 aliphatic rings. The summed E-state index contributed by atoms with van der Waals surface area (Å²) >= 11 is 0. The van der Waals surface area contributed by atoms with E-state index in [1.54, 1.807) is 0 Å². The number of nitrogens with zero attached hydrogens (tertiary/aromatic N) is 4. The van der Waals surface area contributed by atoms with Gasteiger partial charge in [0.05, 0.1) is 22.7 Å². The largest absolute Gasteiger partial charge is 0.310 e. The molecule has 0 amide bonds. The highest BCUT2D eigenvalue weighted by molar-refractivity contribution is 6.09. The van der Waals surface area contributed by atoms with E-state index in [0.717, 1.165) is 101 Å². The van der Waals surface area contributed by atoms with Crippen molar-refractivity contribution in [3.05, 3.63) is 302 Å². The van der Waals surface area contributed by atoms with Gasteiger partial charge in [0.2, 0.25) is 0 Å². The lowest BCUT2D eigenvalue weighted by molar-refractivity contribution is 1.27. The molecule has 0 radical (unpaired) electrons. The molecule has 12 rings (SSSR count). The highest BCUT2D eigenvalue weighted by atomic mass is 15.2. The third-order valence-electron chi connectivity index (χ3n) is 13.9. The van der Waals surface area contributed by atoms with Gasteiger partial charge in [-0.05, 0) is 157 Å². The first kappa shape index (κ1) is 45.5. The van der Waals surface area contributed by atoms with Gasteiger partial charge >= 0.3 is 0 Å². The third kappa shape index (κ3) is 8.91. The molecule has 0 saturated carbocycles. The van der Waals surface area contributed by atoms with Crippen LogP contribution in [-0.4, -0.2) is 0 Å². The summed E-state index contributed by atoms with van der Waals surface area (Å²) in [5.74, 6) is 0. The molecule has 354 valence electrons. The predicted octanol–water partition coefficient (Wildman–Crippen LogP) is 20.2. The van der Waals surface area contributed by atoms with Crippen molar-refractivity contribution in [2.75, 3.05) is 19.6 Å². The maximum atomic E-state index is 2.40. The Labute approximate surface area is 434 Å². The van der Waals surface area contributed by atoms with Crippen LogP contribution in [0.25, 0.3) is 32.7 Å². The third-order valence-corrected chi connectivity index (χ3v) is 13.9. The highest BCUT2D eigenvalue weighted by Gasteiger charge is 2.23. The van der Waals surface area contributed by atoms with Crippen molar-refractivity contribution in [2.45, 2.75) is 13.8 Å². The lowest BCUT2D eigenvalue weighted by atomic mass is 10.0. The Hall–Kier alpha value is -9.64. The molecule has 0 spiro atoms. The number of para-hydroxylation sites is 4. The first-order valence-electron chi connectivity index (χ1n) is 25.3. The van der Waals surface area contributed by atoms with E-state index in [2.05, 4.69) is 325 Å². The Morgan fingerprint density at radius 3 is 0.689 bits per heavy atom. The molecule has 4 heteroatoms. The van der Waals surface area contributed by atoms with Gasteiger partial charge in [-0.3, -0.25) is 0 Å².